The second-order valence-electron chi connectivity index (χ2n) is 4.41. The average Bonchev–Trinajstić information content (AvgIpc) is 2.95. The lowest BCUT2D eigenvalue weighted by Crippen LogP contribution is -2.33. The largest absolute Gasteiger partial charge is 0.477 e. The fraction of sp³-hybridized carbons (Fsp3) is 0.545. The minimum Gasteiger partial charge on any atom is -0.477 e. The molecule has 0 radical (unpaired) electrons. The number of thiophene rings is 1. The van der Waals surface area contributed by atoms with Crippen molar-refractivity contribution in [1.82, 2.24) is 4.72 Å². The van der Waals surface area contributed by atoms with Gasteiger partial charge in [0.2, 0.25) is 10.0 Å². The Kier molecular flexibility index (Phi) is 4.54. The first-order chi connectivity index (χ1) is 8.94. The van der Waals surface area contributed by atoms with Crippen LogP contribution in [0.25, 0.3) is 0 Å². The maximum absolute atomic E-state index is 12.2. The topological polar surface area (TPSA) is 83.5 Å². The van der Waals surface area contributed by atoms with Crippen LogP contribution in [0.15, 0.2) is 16.3 Å². The highest BCUT2D eigenvalue weighted by Gasteiger charge is 2.30. The zero-order valence-electron chi connectivity index (χ0n) is 10.3. The molecule has 106 valence electrons. The maximum atomic E-state index is 12.2. The van der Waals surface area contributed by atoms with Crippen LogP contribution >= 0.6 is 23.1 Å². The highest BCUT2D eigenvalue weighted by Crippen LogP contribution is 2.30. The lowest BCUT2D eigenvalue weighted by Gasteiger charge is -2.13. The summed E-state index contributed by atoms with van der Waals surface area (Å²) in [4.78, 5) is 10.7. The Balaban J connectivity index is 2.15. The summed E-state index contributed by atoms with van der Waals surface area (Å²) in [6.45, 7) is 0. The highest BCUT2D eigenvalue weighted by atomic mass is 32.2. The third-order valence-corrected chi connectivity index (χ3v) is 6.84. The summed E-state index contributed by atoms with van der Waals surface area (Å²) in [6.07, 6.45) is 4.61. The summed E-state index contributed by atoms with van der Waals surface area (Å²) >= 11 is 2.67. The predicted octanol–water partition coefficient (Wildman–Crippen LogP) is 2.01. The van der Waals surface area contributed by atoms with Crippen molar-refractivity contribution in [1.29, 1.82) is 0 Å². The van der Waals surface area contributed by atoms with E-state index in [0.29, 0.717) is 5.25 Å². The van der Waals surface area contributed by atoms with E-state index in [9.17, 15) is 13.2 Å². The molecule has 1 aliphatic rings. The fourth-order valence-electron chi connectivity index (χ4n) is 2.21. The summed E-state index contributed by atoms with van der Waals surface area (Å²) in [7, 11) is -3.74. The normalized spacial score (nSPS) is 23.6. The molecule has 1 aromatic heterocycles. The van der Waals surface area contributed by atoms with Gasteiger partial charge < -0.3 is 5.11 Å². The third-order valence-electron chi connectivity index (χ3n) is 3.15. The molecule has 2 N–H and O–H groups in total. The molecule has 5 nitrogen and oxygen atoms in total. The van der Waals surface area contributed by atoms with Gasteiger partial charge in [0.05, 0.1) is 0 Å². The van der Waals surface area contributed by atoms with E-state index in [0.717, 1.165) is 30.6 Å². The Morgan fingerprint density at radius 3 is 2.84 bits per heavy atom. The van der Waals surface area contributed by atoms with E-state index in [1.807, 2.05) is 6.26 Å². The van der Waals surface area contributed by atoms with Crippen LogP contribution in [0.2, 0.25) is 0 Å². The minimum absolute atomic E-state index is 0.0935. The molecule has 0 spiro atoms. The van der Waals surface area contributed by atoms with E-state index in [1.54, 1.807) is 11.8 Å². The van der Waals surface area contributed by atoms with E-state index < -0.39 is 16.0 Å². The average molecular weight is 321 g/mol. The van der Waals surface area contributed by atoms with Gasteiger partial charge in [-0.05, 0) is 37.0 Å². The number of rotatable bonds is 5. The molecule has 0 saturated heterocycles. The van der Waals surface area contributed by atoms with Crippen LogP contribution in [0.3, 0.4) is 0 Å². The van der Waals surface area contributed by atoms with E-state index in [-0.39, 0.29) is 15.8 Å². The maximum Gasteiger partial charge on any atom is 0.347 e. The number of carboxylic acids is 1. The fourth-order valence-corrected chi connectivity index (χ4v) is 5.55. The number of nitrogens with one attached hydrogen (secondary N) is 1. The third kappa shape index (κ3) is 3.31. The van der Waals surface area contributed by atoms with E-state index >= 15 is 0 Å². The van der Waals surface area contributed by atoms with E-state index in [4.69, 9.17) is 5.11 Å². The van der Waals surface area contributed by atoms with Gasteiger partial charge in [-0.25, -0.2) is 17.9 Å². The van der Waals surface area contributed by atoms with Crippen molar-refractivity contribution >= 4 is 39.1 Å². The van der Waals surface area contributed by atoms with Gasteiger partial charge in [-0.15, -0.1) is 11.3 Å². The molecule has 0 aliphatic heterocycles. The zero-order valence-corrected chi connectivity index (χ0v) is 12.8. The molecule has 1 saturated carbocycles. The second kappa shape index (κ2) is 5.82. The molecule has 8 heteroatoms. The molecule has 2 atom stereocenters. The van der Waals surface area contributed by atoms with Crippen LogP contribution in [0.5, 0.6) is 0 Å². The highest BCUT2D eigenvalue weighted by molar-refractivity contribution is 7.99. The molecule has 1 aromatic rings. The monoisotopic (exact) mass is 321 g/mol. The first-order valence-electron chi connectivity index (χ1n) is 5.80. The van der Waals surface area contributed by atoms with Gasteiger partial charge in [0.25, 0.3) is 0 Å². The van der Waals surface area contributed by atoms with E-state index in [1.165, 1.54) is 11.4 Å². The first kappa shape index (κ1) is 14.8. The van der Waals surface area contributed by atoms with Gasteiger partial charge >= 0.3 is 5.97 Å². The summed E-state index contributed by atoms with van der Waals surface area (Å²) in [5.41, 5.74) is 0. The Hall–Kier alpha value is -0.570. The number of hydrogen-bond donors (Lipinski definition) is 2. The number of hydrogen-bond acceptors (Lipinski definition) is 5. The lowest BCUT2D eigenvalue weighted by molar-refractivity contribution is 0.0698. The van der Waals surface area contributed by atoms with Crippen molar-refractivity contribution in [3.63, 3.8) is 0 Å². The smallest absolute Gasteiger partial charge is 0.347 e. The van der Waals surface area contributed by atoms with Crippen molar-refractivity contribution in [2.75, 3.05) is 6.26 Å². The van der Waals surface area contributed by atoms with Gasteiger partial charge in [-0.1, -0.05) is 0 Å². The molecule has 0 amide bonds. The van der Waals surface area contributed by atoms with Crippen molar-refractivity contribution in [2.24, 2.45) is 0 Å². The van der Waals surface area contributed by atoms with Gasteiger partial charge in [-0.2, -0.15) is 11.8 Å². The minimum atomic E-state index is -3.74. The molecular formula is C11H15NO4S3. The first-order valence-corrected chi connectivity index (χ1v) is 9.45. The Labute approximate surface area is 120 Å². The Morgan fingerprint density at radius 2 is 2.26 bits per heavy atom. The number of carboxylic acid groups (broad SMARTS) is 1. The number of thioether (sulfide) groups is 1. The van der Waals surface area contributed by atoms with Gasteiger partial charge in [0.1, 0.15) is 9.77 Å². The summed E-state index contributed by atoms with van der Waals surface area (Å²) in [5.74, 6) is -1.20. The summed E-state index contributed by atoms with van der Waals surface area (Å²) < 4.78 is 27.0. The van der Waals surface area contributed by atoms with Crippen LogP contribution in [-0.2, 0) is 10.0 Å². The number of aromatic carboxylic acids is 1. The molecular weight excluding hydrogens is 306 g/mol. The molecule has 2 unspecified atom stereocenters. The van der Waals surface area contributed by atoms with Gasteiger partial charge in [0, 0.05) is 11.3 Å². The van der Waals surface area contributed by atoms with Gasteiger partial charge in [0.15, 0.2) is 0 Å². The van der Waals surface area contributed by atoms with Crippen molar-refractivity contribution < 1.29 is 18.3 Å². The standard InChI is InChI=1S/C11H15NO4S3/c1-17-8-3-2-7(6-8)12-19(15,16)9-4-5-18-10(9)11(13)14/h4-5,7-8,12H,2-3,6H2,1H3,(H,13,14). The summed E-state index contributed by atoms with van der Waals surface area (Å²) in [5, 5.41) is 10.9. The molecule has 0 bridgehead atoms. The Bertz CT molecular complexity index is 566. The lowest BCUT2D eigenvalue weighted by atomic mass is 10.3. The molecule has 0 aromatic carbocycles. The van der Waals surface area contributed by atoms with E-state index in [2.05, 4.69) is 4.72 Å². The van der Waals surface area contributed by atoms with Crippen LogP contribution in [0.1, 0.15) is 28.9 Å². The molecule has 19 heavy (non-hydrogen) atoms. The predicted molar refractivity (Wildman–Crippen MR) is 76.5 cm³/mol. The number of sulfonamides is 1. The second-order valence-corrected chi connectivity index (χ2v) is 8.14. The van der Waals surface area contributed by atoms with Crippen molar-refractivity contribution in [3.05, 3.63) is 16.3 Å². The molecule has 1 fully saturated rings. The van der Waals surface area contributed by atoms with Crippen LogP contribution in [0.4, 0.5) is 0 Å². The number of carbonyl (C=O) groups is 1. The van der Waals surface area contributed by atoms with Crippen LogP contribution in [0, 0.1) is 0 Å². The van der Waals surface area contributed by atoms with Crippen molar-refractivity contribution in [2.45, 2.75) is 35.4 Å². The molecule has 2 rings (SSSR count). The van der Waals surface area contributed by atoms with Gasteiger partial charge in [-0.3, -0.25) is 0 Å². The van der Waals surface area contributed by atoms with Crippen LogP contribution < -0.4 is 4.72 Å². The van der Waals surface area contributed by atoms with Crippen molar-refractivity contribution in [3.8, 4) is 0 Å². The SMILES string of the molecule is CSC1CCC(NS(=O)(=O)c2ccsc2C(=O)O)C1. The summed E-state index contributed by atoms with van der Waals surface area (Å²) in [6, 6.07) is 1.25. The quantitative estimate of drug-likeness (QED) is 0.867. The zero-order chi connectivity index (χ0) is 14.0. The Morgan fingerprint density at radius 1 is 1.53 bits per heavy atom. The molecule has 1 aliphatic carbocycles. The molecule has 1 heterocycles. The van der Waals surface area contributed by atoms with Crippen LogP contribution in [-0.4, -0.2) is 37.0 Å².